The minimum absolute atomic E-state index is 0.0909. The van der Waals surface area contributed by atoms with Crippen LogP contribution in [-0.4, -0.2) is 48.6 Å². The molecule has 1 aromatic heterocycles. The van der Waals surface area contributed by atoms with E-state index in [4.69, 9.17) is 4.98 Å². The van der Waals surface area contributed by atoms with Gasteiger partial charge in [0, 0.05) is 44.2 Å². The molecular formula is C20H22FN5O. The summed E-state index contributed by atoms with van der Waals surface area (Å²) in [5, 5.41) is 2.89. The van der Waals surface area contributed by atoms with Gasteiger partial charge in [-0.05, 0) is 31.4 Å². The quantitative estimate of drug-likeness (QED) is 0.900. The molecule has 1 aliphatic carbocycles. The molecule has 27 heavy (non-hydrogen) atoms. The van der Waals surface area contributed by atoms with Gasteiger partial charge in [-0.3, -0.25) is 4.79 Å². The van der Waals surface area contributed by atoms with Crippen LogP contribution in [-0.2, 0) is 6.42 Å². The zero-order valence-electron chi connectivity index (χ0n) is 15.1. The number of rotatable bonds is 3. The maximum absolute atomic E-state index is 14.1. The van der Waals surface area contributed by atoms with Crippen LogP contribution in [0.4, 0.5) is 15.9 Å². The number of piperazine rings is 1. The Balaban J connectivity index is 1.42. The molecule has 1 saturated carbocycles. The lowest BCUT2D eigenvalue weighted by atomic mass is 10.0. The van der Waals surface area contributed by atoms with Crippen LogP contribution in [0, 0.1) is 5.82 Å². The fourth-order valence-electron chi connectivity index (χ4n) is 3.94. The Kier molecular flexibility index (Phi) is 3.95. The van der Waals surface area contributed by atoms with Gasteiger partial charge >= 0.3 is 0 Å². The molecule has 1 saturated heterocycles. The maximum Gasteiger partial charge on any atom is 0.270 e. The summed E-state index contributed by atoms with van der Waals surface area (Å²) < 4.78 is 14.1. The highest BCUT2D eigenvalue weighted by Gasteiger charge is 2.33. The number of carbonyl (C=O) groups is 1. The van der Waals surface area contributed by atoms with Crippen LogP contribution >= 0.6 is 0 Å². The zero-order valence-corrected chi connectivity index (χ0v) is 15.1. The molecule has 1 N–H and O–H groups in total. The van der Waals surface area contributed by atoms with Crippen LogP contribution in [0.3, 0.4) is 0 Å². The molecule has 2 aliphatic heterocycles. The highest BCUT2D eigenvalue weighted by molar-refractivity contribution is 5.96. The first-order valence-electron chi connectivity index (χ1n) is 9.64. The van der Waals surface area contributed by atoms with Crippen molar-refractivity contribution >= 4 is 17.4 Å². The normalized spacial score (nSPS) is 19.7. The number of fused-ring (bicyclic) bond motifs is 1. The van der Waals surface area contributed by atoms with Crippen molar-refractivity contribution in [3.05, 3.63) is 47.2 Å². The van der Waals surface area contributed by atoms with Crippen molar-refractivity contribution in [2.24, 2.45) is 0 Å². The SMILES string of the molecule is O=C1NCCc2c1nc(C1CC1)nc2N1CCN(c2ccccc2F)CC1. The van der Waals surface area contributed by atoms with Crippen molar-refractivity contribution in [2.75, 3.05) is 42.5 Å². The van der Waals surface area contributed by atoms with E-state index in [0.717, 1.165) is 62.6 Å². The van der Waals surface area contributed by atoms with Gasteiger partial charge in [0.15, 0.2) is 0 Å². The second-order valence-corrected chi connectivity index (χ2v) is 7.44. The molecule has 1 amide bonds. The number of hydrogen-bond donors (Lipinski definition) is 1. The minimum atomic E-state index is -0.182. The Hall–Kier alpha value is -2.70. The highest BCUT2D eigenvalue weighted by Crippen LogP contribution is 2.40. The summed E-state index contributed by atoms with van der Waals surface area (Å²) in [7, 11) is 0. The van der Waals surface area contributed by atoms with Crippen molar-refractivity contribution in [3.8, 4) is 0 Å². The van der Waals surface area contributed by atoms with Crippen molar-refractivity contribution in [3.63, 3.8) is 0 Å². The zero-order chi connectivity index (χ0) is 18.4. The molecule has 5 rings (SSSR count). The fraction of sp³-hybridized carbons (Fsp3) is 0.450. The molecule has 3 aliphatic rings. The minimum Gasteiger partial charge on any atom is -0.366 e. The average Bonchev–Trinajstić information content (AvgIpc) is 3.54. The second-order valence-electron chi connectivity index (χ2n) is 7.44. The largest absolute Gasteiger partial charge is 0.366 e. The summed E-state index contributed by atoms with van der Waals surface area (Å²) in [6, 6.07) is 6.91. The number of hydrogen-bond acceptors (Lipinski definition) is 5. The Morgan fingerprint density at radius 3 is 2.52 bits per heavy atom. The average molecular weight is 367 g/mol. The van der Waals surface area contributed by atoms with Gasteiger partial charge in [-0.25, -0.2) is 14.4 Å². The number of benzene rings is 1. The van der Waals surface area contributed by atoms with E-state index in [1.54, 1.807) is 6.07 Å². The molecule has 140 valence electrons. The van der Waals surface area contributed by atoms with Crippen LogP contribution in [0.5, 0.6) is 0 Å². The van der Waals surface area contributed by atoms with E-state index in [-0.39, 0.29) is 11.7 Å². The molecule has 0 spiro atoms. The van der Waals surface area contributed by atoms with Gasteiger partial charge in [0.2, 0.25) is 0 Å². The highest BCUT2D eigenvalue weighted by atomic mass is 19.1. The van der Waals surface area contributed by atoms with E-state index in [1.165, 1.54) is 6.07 Å². The molecule has 3 heterocycles. The summed E-state index contributed by atoms with van der Waals surface area (Å²) in [5.74, 6) is 1.83. The number of para-hydroxylation sites is 1. The second kappa shape index (κ2) is 6.48. The molecule has 7 heteroatoms. The molecule has 2 fully saturated rings. The van der Waals surface area contributed by atoms with Crippen LogP contribution < -0.4 is 15.1 Å². The van der Waals surface area contributed by atoms with E-state index in [0.29, 0.717) is 23.8 Å². The van der Waals surface area contributed by atoms with Crippen molar-refractivity contribution in [2.45, 2.75) is 25.2 Å². The first kappa shape index (κ1) is 16.5. The van der Waals surface area contributed by atoms with Crippen LogP contribution in [0.15, 0.2) is 24.3 Å². The number of anilines is 2. The maximum atomic E-state index is 14.1. The van der Waals surface area contributed by atoms with Gasteiger partial charge in [-0.2, -0.15) is 0 Å². The summed E-state index contributed by atoms with van der Waals surface area (Å²) in [6.45, 7) is 3.59. The molecule has 1 aromatic carbocycles. The number of halogens is 1. The first-order valence-corrected chi connectivity index (χ1v) is 9.64. The lowest BCUT2D eigenvalue weighted by molar-refractivity contribution is 0.0940. The summed E-state index contributed by atoms with van der Waals surface area (Å²) in [4.78, 5) is 26.1. The Labute approximate surface area is 157 Å². The van der Waals surface area contributed by atoms with Gasteiger partial charge in [0.25, 0.3) is 5.91 Å². The number of nitrogens with zero attached hydrogens (tertiary/aromatic N) is 4. The molecule has 2 aromatic rings. The number of amides is 1. The summed E-state index contributed by atoms with van der Waals surface area (Å²) >= 11 is 0. The number of carbonyl (C=O) groups excluding carboxylic acids is 1. The monoisotopic (exact) mass is 367 g/mol. The molecule has 0 bridgehead atoms. The smallest absolute Gasteiger partial charge is 0.270 e. The van der Waals surface area contributed by atoms with E-state index < -0.39 is 0 Å². The lowest BCUT2D eigenvalue weighted by Crippen LogP contribution is -2.48. The van der Waals surface area contributed by atoms with E-state index in [2.05, 4.69) is 20.1 Å². The Morgan fingerprint density at radius 1 is 1.04 bits per heavy atom. The summed E-state index contributed by atoms with van der Waals surface area (Å²) in [6.07, 6.45) is 2.96. The van der Waals surface area contributed by atoms with E-state index in [9.17, 15) is 9.18 Å². The molecule has 6 nitrogen and oxygen atoms in total. The standard InChI is InChI=1S/C20H22FN5O/c21-15-3-1-2-4-16(15)25-9-11-26(12-10-25)19-14-7-8-22-20(27)17(14)23-18(24-19)13-5-6-13/h1-4,13H,5-12H2,(H,22,27). The number of nitrogens with one attached hydrogen (secondary N) is 1. The topological polar surface area (TPSA) is 61.4 Å². The lowest BCUT2D eigenvalue weighted by Gasteiger charge is -2.38. The predicted octanol–water partition coefficient (Wildman–Crippen LogP) is 2.11. The van der Waals surface area contributed by atoms with Gasteiger partial charge in [0.1, 0.15) is 23.2 Å². The Bertz CT molecular complexity index is 890. The summed E-state index contributed by atoms with van der Waals surface area (Å²) in [5.41, 5.74) is 2.16. The number of aromatic nitrogens is 2. The van der Waals surface area contributed by atoms with Gasteiger partial charge in [-0.15, -0.1) is 0 Å². The molecule has 0 unspecified atom stereocenters. The van der Waals surface area contributed by atoms with Gasteiger partial charge in [0.05, 0.1) is 5.69 Å². The van der Waals surface area contributed by atoms with Crippen molar-refractivity contribution in [1.29, 1.82) is 0 Å². The van der Waals surface area contributed by atoms with Crippen molar-refractivity contribution in [1.82, 2.24) is 15.3 Å². The van der Waals surface area contributed by atoms with E-state index >= 15 is 0 Å². The van der Waals surface area contributed by atoms with E-state index in [1.807, 2.05) is 12.1 Å². The molecular weight excluding hydrogens is 345 g/mol. The van der Waals surface area contributed by atoms with Gasteiger partial charge < -0.3 is 15.1 Å². The van der Waals surface area contributed by atoms with Gasteiger partial charge in [-0.1, -0.05) is 12.1 Å². The third-order valence-corrected chi connectivity index (χ3v) is 5.59. The van der Waals surface area contributed by atoms with Crippen LogP contribution in [0.2, 0.25) is 0 Å². The fourth-order valence-corrected chi connectivity index (χ4v) is 3.94. The molecule has 0 atom stereocenters. The third-order valence-electron chi connectivity index (χ3n) is 5.59. The van der Waals surface area contributed by atoms with Crippen LogP contribution in [0.1, 0.15) is 40.6 Å². The molecule has 0 radical (unpaired) electrons. The third kappa shape index (κ3) is 3.01. The first-order chi connectivity index (χ1) is 13.2. The van der Waals surface area contributed by atoms with Crippen molar-refractivity contribution < 1.29 is 9.18 Å². The predicted molar refractivity (Wildman–Crippen MR) is 101 cm³/mol. The van der Waals surface area contributed by atoms with Crippen LogP contribution in [0.25, 0.3) is 0 Å². The Morgan fingerprint density at radius 2 is 1.78 bits per heavy atom.